The van der Waals surface area contributed by atoms with Crippen molar-refractivity contribution in [3.05, 3.63) is 24.8 Å². The maximum absolute atomic E-state index is 3.80. The van der Waals surface area contributed by atoms with Crippen LogP contribution in [0.5, 0.6) is 0 Å². The Morgan fingerprint density at radius 3 is 2.36 bits per heavy atom. The standard InChI is InChI=1S/C11H20/c1-5-11(6-2)9-7-8-10(3)4/h5,7-8,10-11H,1,6,9H2,2-4H3. The largest absolute Gasteiger partial charge is 0.103 e. The second-order valence-electron chi connectivity index (χ2n) is 3.31. The molecule has 0 heteroatoms. The summed E-state index contributed by atoms with van der Waals surface area (Å²) in [5, 5.41) is 0. The van der Waals surface area contributed by atoms with Gasteiger partial charge in [0, 0.05) is 0 Å². The van der Waals surface area contributed by atoms with E-state index in [2.05, 4.69) is 39.5 Å². The van der Waals surface area contributed by atoms with Gasteiger partial charge in [-0.05, 0) is 24.7 Å². The van der Waals surface area contributed by atoms with Crippen LogP contribution in [0.1, 0.15) is 33.6 Å². The van der Waals surface area contributed by atoms with Gasteiger partial charge in [0.1, 0.15) is 0 Å². The van der Waals surface area contributed by atoms with Gasteiger partial charge in [0.25, 0.3) is 0 Å². The van der Waals surface area contributed by atoms with E-state index in [0.29, 0.717) is 11.8 Å². The van der Waals surface area contributed by atoms with Crippen LogP contribution in [0.15, 0.2) is 24.8 Å². The molecule has 1 unspecified atom stereocenters. The molecule has 0 aromatic heterocycles. The molecule has 64 valence electrons. The van der Waals surface area contributed by atoms with Crippen LogP contribution in [-0.2, 0) is 0 Å². The van der Waals surface area contributed by atoms with Crippen molar-refractivity contribution in [1.29, 1.82) is 0 Å². The highest BCUT2D eigenvalue weighted by Crippen LogP contribution is 2.10. The lowest BCUT2D eigenvalue weighted by Crippen LogP contribution is -1.90. The van der Waals surface area contributed by atoms with Gasteiger partial charge < -0.3 is 0 Å². The highest BCUT2D eigenvalue weighted by Gasteiger charge is 1.96. The van der Waals surface area contributed by atoms with Gasteiger partial charge >= 0.3 is 0 Å². The fourth-order valence-corrected chi connectivity index (χ4v) is 0.955. The molecule has 0 aromatic carbocycles. The van der Waals surface area contributed by atoms with E-state index in [-0.39, 0.29) is 0 Å². The van der Waals surface area contributed by atoms with Crippen LogP contribution in [0, 0.1) is 11.8 Å². The lowest BCUT2D eigenvalue weighted by atomic mass is 10.0. The molecule has 0 radical (unpaired) electrons. The quantitative estimate of drug-likeness (QED) is 0.526. The molecule has 0 fully saturated rings. The van der Waals surface area contributed by atoms with Gasteiger partial charge in [-0.25, -0.2) is 0 Å². The van der Waals surface area contributed by atoms with Gasteiger partial charge in [0.05, 0.1) is 0 Å². The number of allylic oxidation sites excluding steroid dienone is 3. The highest BCUT2D eigenvalue weighted by molar-refractivity contribution is 4.90. The molecule has 0 saturated carbocycles. The molecule has 0 aliphatic rings. The van der Waals surface area contributed by atoms with Gasteiger partial charge in [-0.2, -0.15) is 0 Å². The summed E-state index contributed by atoms with van der Waals surface area (Å²) in [6.45, 7) is 10.4. The first-order valence-electron chi connectivity index (χ1n) is 4.49. The predicted molar refractivity (Wildman–Crippen MR) is 52.6 cm³/mol. The molecule has 0 N–H and O–H groups in total. The van der Waals surface area contributed by atoms with Crippen LogP contribution < -0.4 is 0 Å². The van der Waals surface area contributed by atoms with Crippen molar-refractivity contribution in [2.75, 3.05) is 0 Å². The summed E-state index contributed by atoms with van der Waals surface area (Å²) in [5.74, 6) is 1.35. The molecule has 0 aliphatic heterocycles. The molecule has 0 amide bonds. The van der Waals surface area contributed by atoms with Crippen molar-refractivity contribution < 1.29 is 0 Å². The Morgan fingerprint density at radius 2 is 2.00 bits per heavy atom. The summed E-state index contributed by atoms with van der Waals surface area (Å²) in [6.07, 6.45) is 8.92. The topological polar surface area (TPSA) is 0 Å². The van der Waals surface area contributed by atoms with Crippen LogP contribution in [0.25, 0.3) is 0 Å². The van der Waals surface area contributed by atoms with E-state index in [0.717, 1.165) is 6.42 Å². The minimum atomic E-state index is 0.671. The third-order valence-corrected chi connectivity index (χ3v) is 1.82. The number of hydrogen-bond donors (Lipinski definition) is 0. The Labute approximate surface area is 71.0 Å². The number of rotatable bonds is 5. The van der Waals surface area contributed by atoms with Crippen molar-refractivity contribution in [3.8, 4) is 0 Å². The van der Waals surface area contributed by atoms with Gasteiger partial charge in [-0.1, -0.05) is 39.0 Å². The average Bonchev–Trinajstić information content (AvgIpc) is 1.98. The summed E-state index contributed by atoms with van der Waals surface area (Å²) in [5.41, 5.74) is 0. The maximum Gasteiger partial charge on any atom is -0.0204 e. The first-order chi connectivity index (χ1) is 5.20. The number of hydrogen-bond acceptors (Lipinski definition) is 0. The molecule has 11 heavy (non-hydrogen) atoms. The zero-order valence-electron chi connectivity index (χ0n) is 8.01. The van der Waals surface area contributed by atoms with E-state index < -0.39 is 0 Å². The van der Waals surface area contributed by atoms with Gasteiger partial charge in [0.2, 0.25) is 0 Å². The summed E-state index contributed by atoms with van der Waals surface area (Å²) < 4.78 is 0. The second-order valence-corrected chi connectivity index (χ2v) is 3.31. The molecule has 0 spiro atoms. The normalized spacial score (nSPS) is 14.2. The van der Waals surface area contributed by atoms with Crippen molar-refractivity contribution in [1.82, 2.24) is 0 Å². The van der Waals surface area contributed by atoms with E-state index in [1.54, 1.807) is 0 Å². The average molecular weight is 152 g/mol. The lowest BCUT2D eigenvalue weighted by Gasteiger charge is -2.04. The summed E-state index contributed by atoms with van der Waals surface area (Å²) in [4.78, 5) is 0. The van der Waals surface area contributed by atoms with Gasteiger partial charge in [-0.15, -0.1) is 6.58 Å². The van der Waals surface area contributed by atoms with Gasteiger partial charge in [0.15, 0.2) is 0 Å². The Bertz CT molecular complexity index is 120. The zero-order valence-corrected chi connectivity index (χ0v) is 8.01. The summed E-state index contributed by atoms with van der Waals surface area (Å²) >= 11 is 0. The summed E-state index contributed by atoms with van der Waals surface area (Å²) in [7, 11) is 0. The minimum Gasteiger partial charge on any atom is -0.103 e. The highest BCUT2D eigenvalue weighted by atomic mass is 14.0. The maximum atomic E-state index is 3.80. The van der Waals surface area contributed by atoms with Crippen molar-refractivity contribution in [2.45, 2.75) is 33.6 Å². The van der Waals surface area contributed by atoms with Crippen LogP contribution in [-0.4, -0.2) is 0 Å². The molecule has 0 rings (SSSR count). The van der Waals surface area contributed by atoms with Crippen molar-refractivity contribution >= 4 is 0 Å². The van der Waals surface area contributed by atoms with Crippen LogP contribution in [0.4, 0.5) is 0 Å². The van der Waals surface area contributed by atoms with Crippen LogP contribution in [0.2, 0.25) is 0 Å². The molecular formula is C11H20. The monoisotopic (exact) mass is 152 g/mol. The van der Waals surface area contributed by atoms with Crippen LogP contribution in [0.3, 0.4) is 0 Å². The molecule has 0 saturated heterocycles. The first kappa shape index (κ1) is 10.5. The lowest BCUT2D eigenvalue weighted by molar-refractivity contribution is 0.636. The SMILES string of the molecule is C=CC(CC)CC=CC(C)C. The van der Waals surface area contributed by atoms with E-state index in [9.17, 15) is 0 Å². The van der Waals surface area contributed by atoms with E-state index in [4.69, 9.17) is 0 Å². The molecule has 0 aliphatic carbocycles. The van der Waals surface area contributed by atoms with Crippen molar-refractivity contribution in [3.63, 3.8) is 0 Å². The Hall–Kier alpha value is -0.520. The Kier molecular flexibility index (Phi) is 5.91. The molecule has 0 aromatic rings. The molecule has 0 nitrogen and oxygen atoms in total. The minimum absolute atomic E-state index is 0.671. The fraction of sp³-hybridized carbons (Fsp3) is 0.636. The second kappa shape index (κ2) is 6.21. The van der Waals surface area contributed by atoms with E-state index in [1.165, 1.54) is 6.42 Å². The predicted octanol–water partition coefficient (Wildman–Crippen LogP) is 3.80. The van der Waals surface area contributed by atoms with E-state index in [1.807, 2.05) is 6.08 Å². The molecule has 1 atom stereocenters. The molecular weight excluding hydrogens is 132 g/mol. The van der Waals surface area contributed by atoms with E-state index >= 15 is 0 Å². The van der Waals surface area contributed by atoms with Gasteiger partial charge in [-0.3, -0.25) is 0 Å². The molecule has 0 bridgehead atoms. The fourth-order valence-electron chi connectivity index (χ4n) is 0.955. The zero-order chi connectivity index (χ0) is 8.69. The Morgan fingerprint density at radius 1 is 1.36 bits per heavy atom. The van der Waals surface area contributed by atoms with Crippen molar-refractivity contribution in [2.24, 2.45) is 11.8 Å². The third-order valence-electron chi connectivity index (χ3n) is 1.82. The Balaban J connectivity index is 3.57. The summed E-state index contributed by atoms with van der Waals surface area (Å²) in [6, 6.07) is 0. The smallest absolute Gasteiger partial charge is 0.0204 e. The molecule has 0 heterocycles. The van der Waals surface area contributed by atoms with Crippen LogP contribution >= 0.6 is 0 Å². The third kappa shape index (κ3) is 5.90. The first-order valence-corrected chi connectivity index (χ1v) is 4.49.